The molecule has 10 heteroatoms. The maximum Gasteiger partial charge on any atom is 0.274 e. The molecule has 0 aromatic heterocycles. The van der Waals surface area contributed by atoms with Crippen molar-refractivity contribution in [3.63, 3.8) is 0 Å². The zero-order chi connectivity index (χ0) is 28.4. The molecule has 6 N–H and O–H groups in total. The largest absolute Gasteiger partial charge is 0.399 e. The molecule has 2 amide bonds. The molecule has 0 bridgehead atoms. The lowest BCUT2D eigenvalue weighted by atomic mass is 9.93. The van der Waals surface area contributed by atoms with Gasteiger partial charge >= 0.3 is 0 Å². The predicted octanol–water partition coefficient (Wildman–Crippen LogP) is 3.35. The van der Waals surface area contributed by atoms with Gasteiger partial charge in [0.1, 0.15) is 12.4 Å². The second kappa shape index (κ2) is 14.4. The van der Waals surface area contributed by atoms with E-state index in [1.807, 2.05) is 24.3 Å². The summed E-state index contributed by atoms with van der Waals surface area (Å²) in [6.45, 7) is 6.60. The highest BCUT2D eigenvalue weighted by atomic mass is 35.5. The number of nitrogen functional groups attached to an aromatic ring is 1. The lowest BCUT2D eigenvalue weighted by molar-refractivity contribution is -0.130. The van der Waals surface area contributed by atoms with Gasteiger partial charge in [-0.1, -0.05) is 54.6 Å². The molecule has 1 saturated carbocycles. The Labute approximate surface area is 234 Å². The third kappa shape index (κ3) is 8.59. The first kappa shape index (κ1) is 29.7. The topological polar surface area (TPSA) is 135 Å². The van der Waals surface area contributed by atoms with E-state index >= 15 is 0 Å². The number of halogens is 1. The van der Waals surface area contributed by atoms with Gasteiger partial charge in [-0.3, -0.25) is 19.5 Å². The van der Waals surface area contributed by atoms with Crippen LogP contribution >= 0.6 is 11.6 Å². The van der Waals surface area contributed by atoms with Gasteiger partial charge in [-0.25, -0.2) is 0 Å². The standard InChI is InChI=1S/C29H37ClN6O3/c1-19(30)27(23-6-4-7-24(31)16-23)36(29(38)20(2)35-25-8-5-9-25)18-26(37)34-17-21-10-12-22(13-11-21)28(32)33-14-15-39-3/h4,6-7,10-13,16,25,35H,2,5,8-9,14-15,17-18,31H2,1,3H3,(H2,32,33)(H,34,37)/b27-19+. The van der Waals surface area contributed by atoms with Crippen LogP contribution in [0.5, 0.6) is 0 Å². The van der Waals surface area contributed by atoms with E-state index in [4.69, 9.17) is 27.8 Å². The van der Waals surface area contributed by atoms with Gasteiger partial charge in [-0.05, 0) is 43.9 Å². The number of anilines is 1. The molecule has 1 aliphatic carbocycles. The van der Waals surface area contributed by atoms with Crippen molar-refractivity contribution in [3.8, 4) is 0 Å². The third-order valence-corrected chi connectivity index (χ3v) is 6.54. The molecule has 0 unspecified atom stereocenters. The zero-order valence-corrected chi connectivity index (χ0v) is 23.3. The number of methoxy groups -OCH3 is 1. The molecule has 0 radical (unpaired) electrons. The molecule has 9 nitrogen and oxygen atoms in total. The molecule has 2 aromatic carbocycles. The Morgan fingerprint density at radius 2 is 1.90 bits per heavy atom. The van der Waals surface area contributed by atoms with Gasteiger partial charge < -0.3 is 26.8 Å². The van der Waals surface area contributed by atoms with Crippen LogP contribution in [0.15, 0.2) is 70.8 Å². The summed E-state index contributed by atoms with van der Waals surface area (Å²) in [6.07, 6.45) is 3.06. The maximum atomic E-state index is 13.6. The summed E-state index contributed by atoms with van der Waals surface area (Å²) in [6, 6.07) is 14.6. The number of nitrogens with zero attached hydrogens (tertiary/aromatic N) is 2. The molecule has 0 saturated heterocycles. The van der Waals surface area contributed by atoms with Crippen LogP contribution < -0.4 is 22.1 Å². The van der Waals surface area contributed by atoms with E-state index in [0.717, 1.165) is 30.4 Å². The van der Waals surface area contributed by atoms with E-state index in [2.05, 4.69) is 22.2 Å². The fourth-order valence-corrected chi connectivity index (χ4v) is 4.26. The number of carbonyl (C=O) groups excluding carboxylic acids is 2. The van der Waals surface area contributed by atoms with Crippen LogP contribution in [0.4, 0.5) is 5.69 Å². The van der Waals surface area contributed by atoms with Crippen molar-refractivity contribution < 1.29 is 14.3 Å². The number of carbonyl (C=O) groups is 2. The average molecular weight is 553 g/mol. The normalized spacial score (nSPS) is 14.2. The number of amides is 2. The van der Waals surface area contributed by atoms with E-state index in [0.29, 0.717) is 41.0 Å². The van der Waals surface area contributed by atoms with Crippen LogP contribution in [0.1, 0.15) is 42.9 Å². The smallest absolute Gasteiger partial charge is 0.274 e. The molecule has 0 spiro atoms. The summed E-state index contributed by atoms with van der Waals surface area (Å²) in [5.74, 6) is -0.365. The fourth-order valence-electron chi connectivity index (χ4n) is 4.04. The molecule has 208 valence electrons. The highest BCUT2D eigenvalue weighted by Gasteiger charge is 2.28. The van der Waals surface area contributed by atoms with Crippen molar-refractivity contribution in [2.45, 2.75) is 38.8 Å². The van der Waals surface area contributed by atoms with Gasteiger partial charge in [0.2, 0.25) is 5.91 Å². The Kier molecular flexibility index (Phi) is 11.0. The van der Waals surface area contributed by atoms with Gasteiger partial charge in [0, 0.05) is 41.5 Å². The number of amidine groups is 1. The summed E-state index contributed by atoms with van der Waals surface area (Å²) in [5.41, 5.74) is 15.4. The first-order chi connectivity index (χ1) is 18.7. The highest BCUT2D eigenvalue weighted by molar-refractivity contribution is 6.32. The minimum absolute atomic E-state index is 0.205. The van der Waals surface area contributed by atoms with Crippen molar-refractivity contribution in [1.82, 2.24) is 15.5 Å². The van der Waals surface area contributed by atoms with Gasteiger partial charge in [-0.15, -0.1) is 0 Å². The summed E-state index contributed by atoms with van der Waals surface area (Å²) in [7, 11) is 1.61. The number of ether oxygens (including phenoxy) is 1. The molecule has 2 aromatic rings. The molecule has 1 aliphatic rings. The van der Waals surface area contributed by atoms with Gasteiger partial charge in [0.15, 0.2) is 0 Å². The van der Waals surface area contributed by atoms with Crippen LogP contribution in [0.2, 0.25) is 0 Å². The lowest BCUT2D eigenvalue weighted by Gasteiger charge is -2.31. The molecular weight excluding hydrogens is 516 g/mol. The molecule has 1 fully saturated rings. The number of hydrogen-bond donors (Lipinski definition) is 4. The van der Waals surface area contributed by atoms with Crippen molar-refractivity contribution in [1.29, 1.82) is 0 Å². The van der Waals surface area contributed by atoms with E-state index in [-0.39, 0.29) is 30.7 Å². The van der Waals surface area contributed by atoms with Crippen molar-refractivity contribution >= 4 is 40.6 Å². The fraction of sp³-hybridized carbons (Fsp3) is 0.345. The van der Waals surface area contributed by atoms with E-state index in [1.54, 1.807) is 38.3 Å². The predicted molar refractivity (Wildman–Crippen MR) is 157 cm³/mol. The van der Waals surface area contributed by atoms with Crippen LogP contribution in [0.3, 0.4) is 0 Å². The van der Waals surface area contributed by atoms with E-state index in [1.165, 1.54) is 4.90 Å². The Balaban J connectivity index is 1.73. The summed E-state index contributed by atoms with van der Waals surface area (Å²) >= 11 is 6.49. The first-order valence-corrected chi connectivity index (χ1v) is 13.2. The average Bonchev–Trinajstić information content (AvgIpc) is 2.89. The summed E-state index contributed by atoms with van der Waals surface area (Å²) in [5, 5.41) is 6.41. The summed E-state index contributed by atoms with van der Waals surface area (Å²) < 4.78 is 4.99. The van der Waals surface area contributed by atoms with Crippen molar-refractivity contribution in [2.75, 3.05) is 32.5 Å². The molecule has 3 rings (SSSR count). The number of rotatable bonds is 13. The Morgan fingerprint density at radius 1 is 1.18 bits per heavy atom. The zero-order valence-electron chi connectivity index (χ0n) is 22.5. The SMILES string of the molecule is C=C(NC1CCC1)C(=O)N(CC(=O)NCc1ccc(C(N)=NCCOC)cc1)/C(=C(\C)Cl)c1cccc(N)c1. The van der Waals surface area contributed by atoms with Crippen molar-refractivity contribution in [3.05, 3.63) is 82.5 Å². The third-order valence-electron chi connectivity index (χ3n) is 6.36. The minimum atomic E-state index is -0.429. The molecule has 39 heavy (non-hydrogen) atoms. The quantitative estimate of drug-likeness (QED) is 0.0989. The lowest BCUT2D eigenvalue weighted by Crippen LogP contribution is -2.44. The van der Waals surface area contributed by atoms with Gasteiger partial charge in [0.05, 0.1) is 24.5 Å². The van der Waals surface area contributed by atoms with Gasteiger partial charge in [0.25, 0.3) is 5.91 Å². The molecular formula is C29H37ClN6O3. The second-order valence-corrected chi connectivity index (χ2v) is 9.95. The number of nitrogens with two attached hydrogens (primary N) is 2. The Hall–Kier alpha value is -3.82. The van der Waals surface area contributed by atoms with E-state index < -0.39 is 5.91 Å². The molecule has 0 heterocycles. The maximum absolute atomic E-state index is 13.6. The minimum Gasteiger partial charge on any atom is -0.399 e. The Morgan fingerprint density at radius 3 is 2.49 bits per heavy atom. The highest BCUT2D eigenvalue weighted by Crippen LogP contribution is 2.28. The number of hydrogen-bond acceptors (Lipinski definition) is 6. The number of benzene rings is 2. The van der Waals surface area contributed by atoms with Crippen LogP contribution in [-0.4, -0.2) is 55.4 Å². The molecule has 0 aliphatic heterocycles. The number of aliphatic imine (C=N–C) groups is 1. The van der Waals surface area contributed by atoms with Crippen LogP contribution in [0, 0.1) is 0 Å². The van der Waals surface area contributed by atoms with Gasteiger partial charge in [-0.2, -0.15) is 0 Å². The van der Waals surface area contributed by atoms with Crippen molar-refractivity contribution in [2.24, 2.45) is 10.7 Å². The first-order valence-electron chi connectivity index (χ1n) is 12.8. The molecule has 0 atom stereocenters. The van der Waals surface area contributed by atoms with Crippen LogP contribution in [-0.2, 0) is 20.9 Å². The monoisotopic (exact) mass is 552 g/mol. The van der Waals surface area contributed by atoms with E-state index in [9.17, 15) is 9.59 Å². The van der Waals surface area contributed by atoms with Crippen LogP contribution in [0.25, 0.3) is 5.70 Å². The Bertz CT molecular complexity index is 1230. The second-order valence-electron chi connectivity index (χ2n) is 9.38. The summed E-state index contributed by atoms with van der Waals surface area (Å²) in [4.78, 5) is 32.3. The number of allylic oxidation sites excluding steroid dienone is 1. The number of nitrogens with one attached hydrogen (secondary N) is 2.